The molecule has 0 fully saturated rings. The van der Waals surface area contributed by atoms with Crippen LogP contribution in [0, 0.1) is 3.57 Å². The van der Waals surface area contributed by atoms with Crippen molar-refractivity contribution >= 4 is 22.6 Å². The number of hydrogen-bond acceptors (Lipinski definition) is 2. The number of benzene rings is 2. The highest BCUT2D eigenvalue weighted by molar-refractivity contribution is 14.1. The van der Waals surface area contributed by atoms with E-state index in [1.807, 2.05) is 0 Å². The number of methoxy groups -OCH3 is 1. The fourth-order valence-corrected chi connectivity index (χ4v) is 2.31. The lowest BCUT2D eigenvalue weighted by Crippen LogP contribution is -2.12. The van der Waals surface area contributed by atoms with Crippen LogP contribution in [0.2, 0.25) is 0 Å². The zero-order valence-corrected chi connectivity index (χ0v) is 13.2. The van der Waals surface area contributed by atoms with E-state index in [0.29, 0.717) is 6.61 Å². The quantitative estimate of drug-likeness (QED) is 0.786. The van der Waals surface area contributed by atoms with Crippen LogP contribution in [0.1, 0.15) is 16.7 Å². The molecule has 2 aromatic rings. The average molecular weight is 367 g/mol. The molecule has 100 valence electrons. The average Bonchev–Trinajstić information content (AvgIpc) is 2.42. The van der Waals surface area contributed by atoms with Crippen molar-refractivity contribution < 1.29 is 4.74 Å². The van der Waals surface area contributed by atoms with Gasteiger partial charge in [0.05, 0.1) is 6.61 Å². The second-order valence-electron chi connectivity index (χ2n) is 4.48. The molecule has 0 atom stereocenters. The molecule has 0 aliphatic carbocycles. The summed E-state index contributed by atoms with van der Waals surface area (Å²) in [5.41, 5.74) is 3.82. The van der Waals surface area contributed by atoms with Gasteiger partial charge in [-0.3, -0.25) is 0 Å². The summed E-state index contributed by atoms with van der Waals surface area (Å²) in [5, 5.41) is 3.46. The van der Waals surface area contributed by atoms with Crippen LogP contribution in [0.25, 0.3) is 0 Å². The highest BCUT2D eigenvalue weighted by Crippen LogP contribution is 2.08. The zero-order valence-electron chi connectivity index (χ0n) is 11.0. The molecule has 19 heavy (non-hydrogen) atoms. The summed E-state index contributed by atoms with van der Waals surface area (Å²) in [4.78, 5) is 0. The van der Waals surface area contributed by atoms with Gasteiger partial charge >= 0.3 is 0 Å². The lowest BCUT2D eigenvalue weighted by atomic mass is 10.1. The number of hydrogen-bond donors (Lipinski definition) is 1. The van der Waals surface area contributed by atoms with Crippen LogP contribution >= 0.6 is 22.6 Å². The van der Waals surface area contributed by atoms with E-state index in [1.54, 1.807) is 7.11 Å². The Kier molecular flexibility index (Phi) is 5.82. The van der Waals surface area contributed by atoms with Crippen LogP contribution in [0.5, 0.6) is 0 Å². The Bertz CT molecular complexity index is 510. The summed E-state index contributed by atoms with van der Waals surface area (Å²) in [7, 11) is 1.72. The molecule has 0 saturated carbocycles. The van der Waals surface area contributed by atoms with Gasteiger partial charge in [0.2, 0.25) is 0 Å². The smallest absolute Gasteiger partial charge is 0.0713 e. The number of rotatable bonds is 6. The van der Waals surface area contributed by atoms with Gasteiger partial charge in [0.1, 0.15) is 0 Å². The van der Waals surface area contributed by atoms with Crippen molar-refractivity contribution in [3.05, 3.63) is 68.8 Å². The van der Waals surface area contributed by atoms with Crippen molar-refractivity contribution in [1.82, 2.24) is 5.32 Å². The van der Waals surface area contributed by atoms with Gasteiger partial charge < -0.3 is 10.1 Å². The van der Waals surface area contributed by atoms with E-state index in [4.69, 9.17) is 4.74 Å². The Balaban J connectivity index is 1.85. The maximum absolute atomic E-state index is 5.15. The molecule has 2 nitrogen and oxygen atoms in total. The first-order valence-electron chi connectivity index (χ1n) is 6.30. The van der Waals surface area contributed by atoms with Crippen molar-refractivity contribution in [3.8, 4) is 0 Å². The van der Waals surface area contributed by atoms with E-state index in [9.17, 15) is 0 Å². The standard InChI is InChI=1S/C16H18INO/c1-19-12-15-4-2-3-14(9-15)11-18-10-13-5-7-16(17)8-6-13/h2-9,18H,10-12H2,1H3. The molecule has 0 aromatic heterocycles. The van der Waals surface area contributed by atoms with E-state index in [1.165, 1.54) is 20.3 Å². The van der Waals surface area contributed by atoms with Gasteiger partial charge in [-0.25, -0.2) is 0 Å². The summed E-state index contributed by atoms with van der Waals surface area (Å²) in [5.74, 6) is 0. The third-order valence-electron chi connectivity index (χ3n) is 2.87. The van der Waals surface area contributed by atoms with Gasteiger partial charge in [0, 0.05) is 23.8 Å². The molecule has 0 aliphatic rings. The van der Waals surface area contributed by atoms with Gasteiger partial charge in [-0.05, 0) is 51.4 Å². The van der Waals surface area contributed by atoms with Crippen molar-refractivity contribution in [2.45, 2.75) is 19.7 Å². The normalized spacial score (nSPS) is 10.6. The summed E-state index contributed by atoms with van der Waals surface area (Å²) >= 11 is 2.32. The predicted molar refractivity (Wildman–Crippen MR) is 86.9 cm³/mol. The van der Waals surface area contributed by atoms with Gasteiger partial charge in [-0.1, -0.05) is 36.4 Å². The van der Waals surface area contributed by atoms with Gasteiger partial charge in [-0.15, -0.1) is 0 Å². The molecule has 0 spiro atoms. The summed E-state index contributed by atoms with van der Waals surface area (Å²) < 4.78 is 6.42. The van der Waals surface area contributed by atoms with Gasteiger partial charge in [-0.2, -0.15) is 0 Å². The first-order chi connectivity index (χ1) is 9.28. The largest absolute Gasteiger partial charge is 0.380 e. The lowest BCUT2D eigenvalue weighted by molar-refractivity contribution is 0.185. The molecule has 0 aliphatic heterocycles. The van der Waals surface area contributed by atoms with E-state index < -0.39 is 0 Å². The SMILES string of the molecule is COCc1cccc(CNCc2ccc(I)cc2)c1. The Morgan fingerprint density at radius 2 is 1.63 bits per heavy atom. The number of nitrogens with one attached hydrogen (secondary N) is 1. The van der Waals surface area contributed by atoms with E-state index in [2.05, 4.69) is 76.4 Å². The highest BCUT2D eigenvalue weighted by Gasteiger charge is 1.97. The molecular formula is C16H18INO. The highest BCUT2D eigenvalue weighted by atomic mass is 127. The molecule has 2 rings (SSSR count). The second-order valence-corrected chi connectivity index (χ2v) is 5.73. The summed E-state index contributed by atoms with van der Waals surface area (Å²) in [6, 6.07) is 17.1. The van der Waals surface area contributed by atoms with Crippen LogP contribution in [-0.4, -0.2) is 7.11 Å². The maximum Gasteiger partial charge on any atom is 0.0713 e. The predicted octanol–water partition coefficient (Wildman–Crippen LogP) is 3.73. The minimum absolute atomic E-state index is 0.672. The lowest BCUT2D eigenvalue weighted by Gasteiger charge is -2.07. The molecule has 0 saturated heterocycles. The third-order valence-corrected chi connectivity index (χ3v) is 3.59. The van der Waals surface area contributed by atoms with E-state index in [-0.39, 0.29) is 0 Å². The number of halogens is 1. The summed E-state index contributed by atoms with van der Waals surface area (Å²) in [6.45, 7) is 2.44. The second kappa shape index (κ2) is 7.62. The molecule has 0 amide bonds. The third kappa shape index (κ3) is 4.93. The molecule has 3 heteroatoms. The van der Waals surface area contributed by atoms with Crippen LogP contribution < -0.4 is 5.32 Å². The first kappa shape index (κ1) is 14.5. The van der Waals surface area contributed by atoms with Crippen LogP contribution in [0.15, 0.2) is 48.5 Å². The van der Waals surface area contributed by atoms with Crippen molar-refractivity contribution in [3.63, 3.8) is 0 Å². The van der Waals surface area contributed by atoms with E-state index in [0.717, 1.165) is 13.1 Å². The molecule has 0 heterocycles. The fourth-order valence-electron chi connectivity index (χ4n) is 1.95. The maximum atomic E-state index is 5.15. The van der Waals surface area contributed by atoms with Crippen molar-refractivity contribution in [2.24, 2.45) is 0 Å². The monoisotopic (exact) mass is 367 g/mol. The Morgan fingerprint density at radius 3 is 2.37 bits per heavy atom. The Morgan fingerprint density at radius 1 is 0.947 bits per heavy atom. The van der Waals surface area contributed by atoms with Crippen molar-refractivity contribution in [1.29, 1.82) is 0 Å². The van der Waals surface area contributed by atoms with Crippen LogP contribution in [0.3, 0.4) is 0 Å². The molecule has 2 aromatic carbocycles. The Hall–Kier alpha value is -0.910. The van der Waals surface area contributed by atoms with Crippen molar-refractivity contribution in [2.75, 3.05) is 7.11 Å². The van der Waals surface area contributed by atoms with Crippen LogP contribution in [-0.2, 0) is 24.4 Å². The van der Waals surface area contributed by atoms with Gasteiger partial charge in [0.15, 0.2) is 0 Å². The van der Waals surface area contributed by atoms with E-state index >= 15 is 0 Å². The fraction of sp³-hybridized carbons (Fsp3) is 0.250. The molecule has 1 N–H and O–H groups in total. The Labute approximate surface area is 128 Å². The minimum Gasteiger partial charge on any atom is -0.380 e. The van der Waals surface area contributed by atoms with Crippen LogP contribution in [0.4, 0.5) is 0 Å². The minimum atomic E-state index is 0.672. The zero-order chi connectivity index (χ0) is 13.5. The molecular weight excluding hydrogens is 349 g/mol. The molecule has 0 unspecified atom stereocenters. The first-order valence-corrected chi connectivity index (χ1v) is 7.38. The molecule has 0 radical (unpaired) electrons. The van der Waals surface area contributed by atoms with Gasteiger partial charge in [0.25, 0.3) is 0 Å². The summed E-state index contributed by atoms with van der Waals surface area (Å²) in [6.07, 6.45) is 0. The number of ether oxygens (including phenoxy) is 1. The molecule has 0 bridgehead atoms. The topological polar surface area (TPSA) is 21.3 Å².